The van der Waals surface area contributed by atoms with E-state index >= 15 is 0 Å². The molecule has 0 unspecified atom stereocenters. The number of carbonyl (C=O) groups excluding carboxylic acids is 1. The highest BCUT2D eigenvalue weighted by molar-refractivity contribution is 9.10. The van der Waals surface area contributed by atoms with Gasteiger partial charge in [0.2, 0.25) is 0 Å². The fourth-order valence-electron chi connectivity index (χ4n) is 4.00. The smallest absolute Gasteiger partial charge is 0.256 e. The Balaban J connectivity index is 1.60. The van der Waals surface area contributed by atoms with Gasteiger partial charge in [-0.3, -0.25) is 9.78 Å². The topological polar surface area (TPSA) is 33.2 Å². The van der Waals surface area contributed by atoms with E-state index in [-0.39, 0.29) is 5.91 Å². The van der Waals surface area contributed by atoms with Gasteiger partial charge in [-0.05, 0) is 99.9 Å². The molecule has 0 radical (unpaired) electrons. The molecule has 3 heterocycles. The standard InChI is InChI=1S/C25H26BrClN2OS/c1-16(2)10-20-11-17(6-7-28-20)23-14-19(15-31-23)18-12-21(26)24(22(27)13-18)25(30)29-8-4-3-5-9-29/h6-7,11-16H,3-5,8-10H2,1-2H3. The molecule has 3 nitrogen and oxygen atoms in total. The molecule has 0 aliphatic carbocycles. The lowest BCUT2D eigenvalue weighted by Crippen LogP contribution is -2.35. The molecule has 6 heteroatoms. The second-order valence-electron chi connectivity index (χ2n) is 8.50. The van der Waals surface area contributed by atoms with Crippen molar-refractivity contribution in [1.29, 1.82) is 0 Å². The van der Waals surface area contributed by atoms with Crippen LogP contribution in [-0.2, 0) is 6.42 Å². The first-order chi connectivity index (χ1) is 14.9. The Labute approximate surface area is 201 Å². The Morgan fingerprint density at radius 3 is 2.61 bits per heavy atom. The van der Waals surface area contributed by atoms with Gasteiger partial charge in [-0.25, -0.2) is 0 Å². The van der Waals surface area contributed by atoms with Gasteiger partial charge in [-0.15, -0.1) is 11.3 Å². The highest BCUT2D eigenvalue weighted by Crippen LogP contribution is 2.37. The minimum Gasteiger partial charge on any atom is -0.339 e. The molecule has 0 N–H and O–H groups in total. The fraction of sp³-hybridized carbons (Fsp3) is 0.360. The Kier molecular flexibility index (Phi) is 7.15. The van der Waals surface area contributed by atoms with Crippen molar-refractivity contribution in [2.24, 2.45) is 5.92 Å². The number of thiophene rings is 1. The monoisotopic (exact) mass is 516 g/mol. The summed E-state index contributed by atoms with van der Waals surface area (Å²) in [6.45, 7) is 6.03. The molecule has 0 atom stereocenters. The van der Waals surface area contributed by atoms with Gasteiger partial charge in [0, 0.05) is 34.3 Å². The summed E-state index contributed by atoms with van der Waals surface area (Å²) in [5, 5.41) is 2.64. The third-order valence-electron chi connectivity index (χ3n) is 5.55. The number of amides is 1. The van der Waals surface area contributed by atoms with Gasteiger partial charge in [0.05, 0.1) is 10.6 Å². The largest absolute Gasteiger partial charge is 0.339 e. The summed E-state index contributed by atoms with van der Waals surface area (Å²) in [5.74, 6) is 0.593. The lowest BCUT2D eigenvalue weighted by atomic mass is 10.0. The Morgan fingerprint density at radius 1 is 1.13 bits per heavy atom. The van der Waals surface area contributed by atoms with Crippen LogP contribution >= 0.6 is 38.9 Å². The molecular formula is C25H26BrClN2OS. The van der Waals surface area contributed by atoms with Gasteiger partial charge in [0.1, 0.15) is 0 Å². The number of hydrogen-bond acceptors (Lipinski definition) is 3. The summed E-state index contributed by atoms with van der Waals surface area (Å²) in [7, 11) is 0. The summed E-state index contributed by atoms with van der Waals surface area (Å²) in [6, 6.07) is 10.3. The van der Waals surface area contributed by atoms with Crippen LogP contribution in [0.1, 0.15) is 49.2 Å². The molecular weight excluding hydrogens is 492 g/mol. The van der Waals surface area contributed by atoms with Crippen LogP contribution in [0.3, 0.4) is 0 Å². The molecule has 1 aromatic carbocycles. The summed E-state index contributed by atoms with van der Waals surface area (Å²) >= 11 is 11.9. The first-order valence-corrected chi connectivity index (χ1v) is 12.8. The molecule has 1 aliphatic rings. The minimum atomic E-state index is 0.0172. The summed E-state index contributed by atoms with van der Waals surface area (Å²) in [6.07, 6.45) is 6.17. The molecule has 3 aromatic rings. The molecule has 162 valence electrons. The van der Waals surface area contributed by atoms with Crippen molar-refractivity contribution in [2.45, 2.75) is 39.5 Å². The number of likely N-dealkylation sites (tertiary alicyclic amines) is 1. The number of pyridine rings is 1. The molecule has 1 aliphatic heterocycles. The van der Waals surface area contributed by atoms with Crippen molar-refractivity contribution in [3.8, 4) is 21.6 Å². The predicted octanol–water partition coefficient (Wildman–Crippen LogP) is 7.72. The van der Waals surface area contributed by atoms with Crippen molar-refractivity contribution >= 4 is 44.8 Å². The van der Waals surface area contributed by atoms with Gasteiger partial charge in [0.15, 0.2) is 0 Å². The fourth-order valence-corrected chi connectivity index (χ4v) is 5.96. The van der Waals surface area contributed by atoms with E-state index in [4.69, 9.17) is 11.6 Å². The molecule has 2 aromatic heterocycles. The lowest BCUT2D eigenvalue weighted by Gasteiger charge is -2.27. The van der Waals surface area contributed by atoms with Crippen molar-refractivity contribution < 1.29 is 4.79 Å². The average Bonchev–Trinajstić information content (AvgIpc) is 3.24. The number of aromatic nitrogens is 1. The van der Waals surface area contributed by atoms with E-state index in [1.165, 1.54) is 16.9 Å². The van der Waals surface area contributed by atoms with E-state index in [1.54, 1.807) is 11.3 Å². The van der Waals surface area contributed by atoms with Gasteiger partial charge in [0.25, 0.3) is 5.91 Å². The van der Waals surface area contributed by atoms with Crippen LogP contribution in [0, 0.1) is 5.92 Å². The molecule has 31 heavy (non-hydrogen) atoms. The third kappa shape index (κ3) is 5.21. The lowest BCUT2D eigenvalue weighted by molar-refractivity contribution is 0.0723. The maximum absolute atomic E-state index is 13.0. The van der Waals surface area contributed by atoms with Gasteiger partial charge in [-0.1, -0.05) is 25.4 Å². The summed E-state index contributed by atoms with van der Waals surface area (Å²) in [5.41, 5.74) is 4.97. The molecule has 0 spiro atoms. The van der Waals surface area contributed by atoms with Gasteiger partial charge in [-0.2, -0.15) is 0 Å². The van der Waals surface area contributed by atoms with Crippen LogP contribution in [0.5, 0.6) is 0 Å². The van der Waals surface area contributed by atoms with Crippen LogP contribution < -0.4 is 0 Å². The Hall–Kier alpha value is -1.69. The van der Waals surface area contributed by atoms with Crippen LogP contribution in [0.15, 0.2) is 46.4 Å². The molecule has 0 bridgehead atoms. The van der Waals surface area contributed by atoms with Crippen LogP contribution in [0.2, 0.25) is 5.02 Å². The zero-order valence-electron chi connectivity index (χ0n) is 17.8. The van der Waals surface area contributed by atoms with Crippen molar-refractivity contribution in [1.82, 2.24) is 9.88 Å². The van der Waals surface area contributed by atoms with Crippen LogP contribution in [-0.4, -0.2) is 28.9 Å². The maximum atomic E-state index is 13.0. The van der Waals surface area contributed by atoms with Crippen molar-refractivity contribution in [3.05, 3.63) is 62.7 Å². The normalized spacial score (nSPS) is 14.3. The number of benzene rings is 1. The minimum absolute atomic E-state index is 0.0172. The van der Waals surface area contributed by atoms with Gasteiger partial charge >= 0.3 is 0 Å². The van der Waals surface area contributed by atoms with Crippen molar-refractivity contribution in [2.75, 3.05) is 13.1 Å². The number of halogens is 2. The highest BCUT2D eigenvalue weighted by atomic mass is 79.9. The third-order valence-corrected chi connectivity index (χ3v) is 7.45. The number of piperidine rings is 1. The van der Waals surface area contributed by atoms with E-state index in [1.807, 2.05) is 23.2 Å². The quantitative estimate of drug-likeness (QED) is 0.347. The van der Waals surface area contributed by atoms with Crippen LogP contribution in [0.25, 0.3) is 21.6 Å². The van der Waals surface area contributed by atoms with Gasteiger partial charge < -0.3 is 4.90 Å². The first-order valence-electron chi connectivity index (χ1n) is 10.7. The molecule has 1 fully saturated rings. The Bertz CT molecular complexity index is 1070. The SMILES string of the molecule is CC(C)Cc1cc(-c2cc(-c3cc(Cl)c(C(=O)N4CCCCC4)c(Br)c3)cs2)ccn1. The van der Waals surface area contributed by atoms with E-state index in [0.29, 0.717) is 16.5 Å². The average molecular weight is 518 g/mol. The van der Waals surface area contributed by atoms with E-state index < -0.39 is 0 Å². The zero-order valence-corrected chi connectivity index (χ0v) is 21.0. The van der Waals surface area contributed by atoms with Crippen LogP contribution in [0.4, 0.5) is 0 Å². The number of rotatable bonds is 5. The van der Waals surface area contributed by atoms with E-state index in [9.17, 15) is 4.79 Å². The number of nitrogens with zero attached hydrogens (tertiary/aromatic N) is 2. The number of hydrogen-bond donors (Lipinski definition) is 0. The zero-order chi connectivity index (χ0) is 22.0. The molecule has 0 saturated carbocycles. The Morgan fingerprint density at radius 2 is 1.90 bits per heavy atom. The second-order valence-corrected chi connectivity index (χ2v) is 10.7. The highest BCUT2D eigenvalue weighted by Gasteiger charge is 2.23. The summed E-state index contributed by atoms with van der Waals surface area (Å²) in [4.78, 5) is 20.6. The molecule has 4 rings (SSSR count). The first kappa shape index (κ1) is 22.5. The van der Waals surface area contributed by atoms with E-state index in [0.717, 1.165) is 53.6 Å². The predicted molar refractivity (Wildman–Crippen MR) is 134 cm³/mol. The number of carbonyl (C=O) groups is 1. The maximum Gasteiger partial charge on any atom is 0.256 e. The second kappa shape index (κ2) is 9.85. The van der Waals surface area contributed by atoms with E-state index in [2.05, 4.69) is 58.3 Å². The van der Waals surface area contributed by atoms with Crippen molar-refractivity contribution in [3.63, 3.8) is 0 Å². The molecule has 1 amide bonds. The summed E-state index contributed by atoms with van der Waals surface area (Å²) < 4.78 is 0.751. The molecule has 1 saturated heterocycles.